The maximum atomic E-state index is 11.2. The Labute approximate surface area is 125 Å². The molecule has 0 aliphatic heterocycles. The lowest BCUT2D eigenvalue weighted by Crippen LogP contribution is -2.08. The third kappa shape index (κ3) is 2.39. The van der Waals surface area contributed by atoms with Crippen molar-refractivity contribution in [3.63, 3.8) is 0 Å². The van der Waals surface area contributed by atoms with Crippen LogP contribution in [0.4, 0.5) is 10.8 Å². The van der Waals surface area contributed by atoms with Gasteiger partial charge in [0.15, 0.2) is 5.13 Å². The van der Waals surface area contributed by atoms with E-state index in [9.17, 15) is 4.79 Å². The van der Waals surface area contributed by atoms with Crippen molar-refractivity contribution >= 4 is 39.7 Å². The zero-order chi connectivity index (χ0) is 14.3. The van der Waals surface area contributed by atoms with Gasteiger partial charge in [0, 0.05) is 15.6 Å². The Morgan fingerprint density at radius 2 is 2.35 bits per heavy atom. The van der Waals surface area contributed by atoms with Crippen LogP contribution in [0, 0.1) is 6.92 Å². The molecule has 1 aliphatic carbocycles. The zero-order valence-corrected chi connectivity index (χ0v) is 12.4. The van der Waals surface area contributed by atoms with Crippen molar-refractivity contribution in [3.8, 4) is 0 Å². The highest BCUT2D eigenvalue weighted by Gasteiger charge is 2.32. The minimum Gasteiger partial charge on any atom is -0.481 e. The summed E-state index contributed by atoms with van der Waals surface area (Å²) in [5.74, 6) is -1.25. The van der Waals surface area contributed by atoms with E-state index in [1.165, 1.54) is 11.3 Å². The number of aromatic nitrogens is 1. The summed E-state index contributed by atoms with van der Waals surface area (Å²) in [6.07, 6.45) is 1.44. The number of nitrogens with zero attached hydrogens (tertiary/aromatic N) is 1. The largest absolute Gasteiger partial charge is 0.481 e. The molecule has 1 aromatic carbocycles. The van der Waals surface area contributed by atoms with Crippen LogP contribution in [0.3, 0.4) is 0 Å². The second-order valence-corrected chi connectivity index (χ2v) is 6.36. The summed E-state index contributed by atoms with van der Waals surface area (Å²) in [6, 6.07) is 5.62. The van der Waals surface area contributed by atoms with Gasteiger partial charge in [-0.05, 0) is 37.5 Å². The Kier molecular flexibility index (Phi) is 3.40. The Hall–Kier alpha value is -1.59. The first kappa shape index (κ1) is 13.4. The molecule has 104 valence electrons. The van der Waals surface area contributed by atoms with Crippen LogP contribution in [-0.4, -0.2) is 16.1 Å². The van der Waals surface area contributed by atoms with Gasteiger partial charge in [-0.3, -0.25) is 4.79 Å². The number of hydrogen-bond donors (Lipinski definition) is 2. The van der Waals surface area contributed by atoms with E-state index in [1.807, 2.05) is 25.1 Å². The maximum absolute atomic E-state index is 11.2. The van der Waals surface area contributed by atoms with Gasteiger partial charge in [-0.1, -0.05) is 17.7 Å². The first-order chi connectivity index (χ1) is 9.54. The Morgan fingerprint density at radius 3 is 3.10 bits per heavy atom. The quantitative estimate of drug-likeness (QED) is 0.901. The minimum atomic E-state index is -0.792. The lowest BCUT2D eigenvalue weighted by atomic mass is 10.1. The van der Waals surface area contributed by atoms with E-state index in [1.54, 1.807) is 0 Å². The molecule has 0 saturated heterocycles. The molecule has 1 atom stereocenters. The summed E-state index contributed by atoms with van der Waals surface area (Å²) in [4.78, 5) is 16.7. The summed E-state index contributed by atoms with van der Waals surface area (Å²) < 4.78 is 0. The average Bonchev–Trinajstić information content (AvgIpc) is 2.92. The van der Waals surface area contributed by atoms with E-state index >= 15 is 0 Å². The molecular weight excluding hydrogens is 296 g/mol. The van der Waals surface area contributed by atoms with Gasteiger partial charge >= 0.3 is 5.97 Å². The van der Waals surface area contributed by atoms with E-state index < -0.39 is 11.9 Å². The van der Waals surface area contributed by atoms with Crippen molar-refractivity contribution in [2.24, 2.45) is 0 Å². The number of carboxylic acid groups (broad SMARTS) is 1. The number of nitrogens with one attached hydrogen (secondary N) is 1. The Morgan fingerprint density at radius 1 is 1.55 bits per heavy atom. The lowest BCUT2D eigenvalue weighted by Gasteiger charge is -2.07. The number of halogens is 1. The van der Waals surface area contributed by atoms with Crippen molar-refractivity contribution < 1.29 is 9.90 Å². The van der Waals surface area contributed by atoms with Crippen molar-refractivity contribution in [1.29, 1.82) is 0 Å². The van der Waals surface area contributed by atoms with Crippen LogP contribution in [0.1, 0.15) is 28.5 Å². The van der Waals surface area contributed by atoms with E-state index in [0.717, 1.165) is 27.7 Å². The predicted molar refractivity (Wildman–Crippen MR) is 80.3 cm³/mol. The molecule has 1 aromatic heterocycles. The SMILES string of the molecule is Cc1ccc(Cl)cc1Nc1nc2c(s1)CCC2C(=O)O. The Balaban J connectivity index is 1.88. The number of carboxylic acids is 1. The number of anilines is 2. The standard InChI is InChI=1S/C14H13ClN2O2S/c1-7-2-3-8(15)6-10(7)16-14-17-12-9(13(18)19)4-5-11(12)20-14/h2-3,6,9H,4-5H2,1H3,(H,16,17)(H,18,19). The summed E-state index contributed by atoms with van der Waals surface area (Å²) in [6.45, 7) is 1.99. The molecule has 0 saturated carbocycles. The van der Waals surface area contributed by atoms with Crippen LogP contribution < -0.4 is 5.32 Å². The monoisotopic (exact) mass is 308 g/mol. The fourth-order valence-corrected chi connectivity index (χ4v) is 3.59. The van der Waals surface area contributed by atoms with Gasteiger partial charge < -0.3 is 10.4 Å². The lowest BCUT2D eigenvalue weighted by molar-refractivity contribution is -0.138. The molecule has 4 nitrogen and oxygen atoms in total. The number of benzene rings is 1. The molecule has 0 spiro atoms. The highest BCUT2D eigenvalue weighted by atomic mass is 35.5. The first-order valence-corrected chi connectivity index (χ1v) is 7.49. The van der Waals surface area contributed by atoms with Crippen molar-refractivity contribution in [2.75, 3.05) is 5.32 Å². The summed E-state index contributed by atoms with van der Waals surface area (Å²) in [7, 11) is 0. The second-order valence-electron chi connectivity index (χ2n) is 4.84. The molecule has 0 fully saturated rings. The van der Waals surface area contributed by atoms with E-state index in [2.05, 4.69) is 10.3 Å². The van der Waals surface area contributed by atoms with Gasteiger partial charge in [-0.25, -0.2) is 4.98 Å². The minimum absolute atomic E-state index is 0.461. The predicted octanol–water partition coefficient (Wildman–Crippen LogP) is 3.96. The van der Waals surface area contributed by atoms with Gasteiger partial charge in [-0.15, -0.1) is 11.3 Å². The first-order valence-electron chi connectivity index (χ1n) is 6.30. The number of hydrogen-bond acceptors (Lipinski definition) is 4. The molecule has 1 unspecified atom stereocenters. The highest BCUT2D eigenvalue weighted by molar-refractivity contribution is 7.15. The van der Waals surface area contributed by atoms with E-state index in [0.29, 0.717) is 17.1 Å². The summed E-state index contributed by atoms with van der Waals surface area (Å²) >= 11 is 7.51. The normalized spacial score (nSPS) is 17.0. The molecule has 1 aliphatic rings. The van der Waals surface area contributed by atoms with Crippen molar-refractivity contribution in [2.45, 2.75) is 25.7 Å². The van der Waals surface area contributed by atoms with Crippen LogP contribution in [0.2, 0.25) is 5.02 Å². The van der Waals surface area contributed by atoms with E-state index in [-0.39, 0.29) is 0 Å². The zero-order valence-electron chi connectivity index (χ0n) is 10.8. The van der Waals surface area contributed by atoms with Crippen LogP contribution in [0.5, 0.6) is 0 Å². The van der Waals surface area contributed by atoms with Crippen molar-refractivity contribution in [3.05, 3.63) is 39.4 Å². The molecular formula is C14H13ClN2O2S. The molecule has 3 rings (SSSR count). The molecule has 6 heteroatoms. The number of carbonyl (C=O) groups is 1. The van der Waals surface area contributed by atoms with Crippen molar-refractivity contribution in [1.82, 2.24) is 4.98 Å². The average molecular weight is 309 g/mol. The number of aryl methyl sites for hydroxylation is 2. The molecule has 1 heterocycles. The van der Waals surface area contributed by atoms with Crippen LogP contribution in [0.15, 0.2) is 18.2 Å². The highest BCUT2D eigenvalue weighted by Crippen LogP contribution is 2.39. The fraction of sp³-hybridized carbons (Fsp3) is 0.286. The number of aliphatic carboxylic acids is 1. The third-order valence-corrected chi connectivity index (χ3v) is 4.74. The molecule has 0 radical (unpaired) electrons. The van der Waals surface area contributed by atoms with Gasteiger partial charge in [0.2, 0.25) is 0 Å². The Bertz CT molecular complexity index is 684. The summed E-state index contributed by atoms with van der Waals surface area (Å²) in [5.41, 5.74) is 2.68. The van der Waals surface area contributed by atoms with Crippen LogP contribution in [-0.2, 0) is 11.2 Å². The third-order valence-electron chi connectivity index (χ3n) is 3.46. The topological polar surface area (TPSA) is 62.2 Å². The van der Waals surface area contributed by atoms with E-state index in [4.69, 9.17) is 16.7 Å². The van der Waals surface area contributed by atoms with Crippen LogP contribution in [0.25, 0.3) is 0 Å². The molecule has 0 bridgehead atoms. The molecule has 20 heavy (non-hydrogen) atoms. The smallest absolute Gasteiger partial charge is 0.312 e. The molecule has 0 amide bonds. The fourth-order valence-electron chi connectivity index (χ4n) is 2.37. The van der Waals surface area contributed by atoms with Gasteiger partial charge in [-0.2, -0.15) is 0 Å². The maximum Gasteiger partial charge on any atom is 0.312 e. The molecule has 2 aromatic rings. The van der Waals surface area contributed by atoms with Gasteiger partial charge in [0.05, 0.1) is 5.69 Å². The second kappa shape index (κ2) is 5.07. The number of fused-ring (bicyclic) bond motifs is 1. The summed E-state index contributed by atoms with van der Waals surface area (Å²) in [5, 5.41) is 13.8. The molecule has 2 N–H and O–H groups in total. The number of thiazole rings is 1. The van der Waals surface area contributed by atoms with Gasteiger partial charge in [0.25, 0.3) is 0 Å². The van der Waals surface area contributed by atoms with Crippen LogP contribution >= 0.6 is 22.9 Å². The number of rotatable bonds is 3. The van der Waals surface area contributed by atoms with Gasteiger partial charge in [0.1, 0.15) is 5.92 Å².